The molecule has 1 fully saturated rings. The van der Waals surface area contributed by atoms with Crippen molar-refractivity contribution in [2.75, 3.05) is 25.5 Å². The first-order valence-electron chi connectivity index (χ1n) is 8.83. The van der Waals surface area contributed by atoms with Gasteiger partial charge in [-0.15, -0.1) is 0 Å². The quantitative estimate of drug-likeness (QED) is 0.732. The van der Waals surface area contributed by atoms with Crippen LogP contribution in [-0.2, 0) is 4.74 Å². The molecule has 7 heteroatoms. The lowest BCUT2D eigenvalue weighted by atomic mass is 10.1. The molecular weight excluding hydrogens is 362 g/mol. The third-order valence-electron chi connectivity index (χ3n) is 4.53. The Hall–Kier alpha value is -2.64. The van der Waals surface area contributed by atoms with Crippen molar-refractivity contribution in [2.24, 2.45) is 0 Å². The van der Waals surface area contributed by atoms with Crippen LogP contribution < -0.4 is 10.1 Å². The van der Waals surface area contributed by atoms with E-state index in [1.54, 1.807) is 12.0 Å². The Labute approximate surface area is 161 Å². The lowest BCUT2D eigenvalue weighted by Crippen LogP contribution is -2.47. The number of fused-ring (bicyclic) bond motifs is 1. The summed E-state index contributed by atoms with van der Waals surface area (Å²) in [4.78, 5) is 19.1. The molecule has 2 aromatic carbocycles. The molecule has 2 amide bonds. The average molecular weight is 383 g/mol. The van der Waals surface area contributed by atoms with Gasteiger partial charge in [0.25, 0.3) is 0 Å². The van der Waals surface area contributed by atoms with Crippen LogP contribution in [0.3, 0.4) is 0 Å². The lowest BCUT2D eigenvalue weighted by Gasteiger charge is -2.36. The first kappa shape index (κ1) is 17.8. The summed E-state index contributed by atoms with van der Waals surface area (Å²) in [7, 11) is 1.63. The minimum atomic E-state index is -0.155. The van der Waals surface area contributed by atoms with E-state index in [1.165, 1.54) is 11.3 Å². The Morgan fingerprint density at radius 3 is 2.85 bits per heavy atom. The van der Waals surface area contributed by atoms with E-state index in [0.717, 1.165) is 21.5 Å². The van der Waals surface area contributed by atoms with Crippen LogP contribution >= 0.6 is 11.3 Å². The van der Waals surface area contributed by atoms with Crippen LogP contribution in [-0.4, -0.2) is 42.2 Å². The summed E-state index contributed by atoms with van der Waals surface area (Å²) in [6.07, 6.45) is -0.158. The third kappa shape index (κ3) is 3.89. The molecule has 2 heterocycles. The molecule has 27 heavy (non-hydrogen) atoms. The van der Waals surface area contributed by atoms with Gasteiger partial charge in [0.2, 0.25) is 0 Å². The molecule has 0 spiro atoms. The number of amides is 2. The smallest absolute Gasteiger partial charge is 0.323 e. The van der Waals surface area contributed by atoms with Crippen molar-refractivity contribution in [3.8, 4) is 5.75 Å². The molecule has 1 aromatic heterocycles. The van der Waals surface area contributed by atoms with E-state index in [-0.39, 0.29) is 18.2 Å². The first-order chi connectivity index (χ1) is 13.1. The van der Waals surface area contributed by atoms with Gasteiger partial charge in [0, 0.05) is 6.54 Å². The number of rotatable bonds is 3. The zero-order valence-electron chi connectivity index (χ0n) is 15.2. The summed E-state index contributed by atoms with van der Waals surface area (Å²) in [5, 5.41) is 3.51. The predicted octanol–water partition coefficient (Wildman–Crippen LogP) is 4.30. The van der Waals surface area contributed by atoms with Crippen molar-refractivity contribution in [3.05, 3.63) is 54.1 Å². The molecular formula is C20H21N3O3S. The van der Waals surface area contributed by atoms with E-state index < -0.39 is 0 Å². The molecule has 1 aliphatic heterocycles. The average Bonchev–Trinajstić information content (AvgIpc) is 3.09. The van der Waals surface area contributed by atoms with Crippen molar-refractivity contribution < 1.29 is 14.3 Å². The topological polar surface area (TPSA) is 63.7 Å². The number of hydrogen-bond acceptors (Lipinski definition) is 5. The second-order valence-electron chi connectivity index (χ2n) is 6.53. The highest BCUT2D eigenvalue weighted by Crippen LogP contribution is 2.30. The number of morpholine rings is 1. The van der Waals surface area contributed by atoms with Crippen LogP contribution in [0.1, 0.15) is 18.6 Å². The number of anilines is 1. The van der Waals surface area contributed by atoms with Crippen LogP contribution in [0.25, 0.3) is 10.2 Å². The van der Waals surface area contributed by atoms with Crippen molar-refractivity contribution in [2.45, 2.75) is 19.1 Å². The Morgan fingerprint density at radius 1 is 1.26 bits per heavy atom. The molecule has 0 radical (unpaired) electrons. The number of carbonyl (C=O) groups excluding carboxylic acids is 1. The molecule has 6 nitrogen and oxygen atoms in total. The number of benzene rings is 2. The summed E-state index contributed by atoms with van der Waals surface area (Å²) >= 11 is 1.44. The van der Waals surface area contributed by atoms with Gasteiger partial charge < -0.3 is 14.4 Å². The largest absolute Gasteiger partial charge is 0.497 e. The Morgan fingerprint density at radius 2 is 2.07 bits per heavy atom. The van der Waals surface area contributed by atoms with Gasteiger partial charge in [-0.25, -0.2) is 9.78 Å². The molecule has 1 aliphatic rings. The van der Waals surface area contributed by atoms with Crippen molar-refractivity contribution >= 4 is 32.7 Å². The summed E-state index contributed by atoms with van der Waals surface area (Å²) in [5.41, 5.74) is 1.92. The van der Waals surface area contributed by atoms with Crippen LogP contribution in [0.4, 0.5) is 9.93 Å². The molecule has 0 saturated carbocycles. The van der Waals surface area contributed by atoms with Gasteiger partial charge in [-0.05, 0) is 30.7 Å². The zero-order chi connectivity index (χ0) is 18.8. The van der Waals surface area contributed by atoms with E-state index in [0.29, 0.717) is 18.2 Å². The fourth-order valence-corrected chi connectivity index (χ4v) is 4.11. The molecule has 1 saturated heterocycles. The number of thiazole rings is 1. The third-order valence-corrected chi connectivity index (χ3v) is 5.46. The Kier molecular flexibility index (Phi) is 4.96. The lowest BCUT2D eigenvalue weighted by molar-refractivity contribution is -0.0642. The summed E-state index contributed by atoms with van der Waals surface area (Å²) in [5.74, 6) is 0.775. The molecule has 2 atom stereocenters. The van der Waals surface area contributed by atoms with Gasteiger partial charge in [-0.2, -0.15) is 0 Å². The zero-order valence-corrected chi connectivity index (χ0v) is 16.0. The van der Waals surface area contributed by atoms with Crippen molar-refractivity contribution in [1.82, 2.24) is 9.88 Å². The molecule has 140 valence electrons. The van der Waals surface area contributed by atoms with Gasteiger partial charge in [0.1, 0.15) is 11.9 Å². The summed E-state index contributed by atoms with van der Waals surface area (Å²) in [6.45, 7) is 3.05. The number of nitrogens with zero attached hydrogens (tertiary/aromatic N) is 2. The van der Waals surface area contributed by atoms with Crippen molar-refractivity contribution in [3.63, 3.8) is 0 Å². The maximum absolute atomic E-state index is 12.8. The van der Waals surface area contributed by atoms with E-state index in [2.05, 4.69) is 10.3 Å². The number of hydrogen-bond donors (Lipinski definition) is 1. The van der Waals surface area contributed by atoms with Gasteiger partial charge in [0.05, 0.1) is 30.0 Å². The predicted molar refractivity (Wildman–Crippen MR) is 106 cm³/mol. The van der Waals surface area contributed by atoms with E-state index in [4.69, 9.17) is 9.47 Å². The Bertz CT molecular complexity index is 944. The minimum absolute atomic E-state index is 0.0330. The Balaban J connectivity index is 1.48. The molecule has 1 N–H and O–H groups in total. The molecule has 2 unspecified atom stereocenters. The van der Waals surface area contributed by atoms with E-state index in [9.17, 15) is 4.79 Å². The number of nitrogens with one attached hydrogen (secondary N) is 1. The standard InChI is InChI=1S/C20H21N3O3S/c1-13-11-23(12-17(26-13)14-6-4-3-5-7-14)20(24)22-19-21-16-9-8-15(25-2)10-18(16)27-19/h3-10,13,17H,11-12H2,1-2H3,(H,21,22,24). The molecule has 0 aliphatic carbocycles. The highest BCUT2D eigenvalue weighted by atomic mass is 32.1. The molecule has 4 rings (SSSR count). The second kappa shape index (κ2) is 7.54. The van der Waals surface area contributed by atoms with Crippen LogP contribution in [0.2, 0.25) is 0 Å². The van der Waals surface area contributed by atoms with Crippen LogP contribution in [0, 0.1) is 0 Å². The highest BCUT2D eigenvalue weighted by Gasteiger charge is 2.29. The van der Waals surface area contributed by atoms with E-state index >= 15 is 0 Å². The number of aromatic nitrogens is 1. The van der Waals surface area contributed by atoms with Gasteiger partial charge >= 0.3 is 6.03 Å². The van der Waals surface area contributed by atoms with Gasteiger partial charge in [-0.3, -0.25) is 5.32 Å². The second-order valence-corrected chi connectivity index (χ2v) is 7.56. The molecule has 0 bridgehead atoms. The first-order valence-corrected chi connectivity index (χ1v) is 9.65. The van der Waals surface area contributed by atoms with E-state index in [1.807, 2.05) is 55.5 Å². The monoisotopic (exact) mass is 383 g/mol. The fourth-order valence-electron chi connectivity index (χ4n) is 3.22. The van der Waals surface area contributed by atoms with Crippen LogP contribution in [0.15, 0.2) is 48.5 Å². The number of carbonyl (C=O) groups is 1. The SMILES string of the molecule is COc1ccc2nc(NC(=O)N3CC(C)OC(c4ccccc4)C3)sc2c1. The van der Waals surface area contributed by atoms with Gasteiger partial charge in [-0.1, -0.05) is 41.7 Å². The number of methoxy groups -OCH3 is 1. The normalized spacial score (nSPS) is 19.9. The van der Waals surface area contributed by atoms with Crippen molar-refractivity contribution in [1.29, 1.82) is 0 Å². The maximum atomic E-state index is 12.8. The number of urea groups is 1. The minimum Gasteiger partial charge on any atom is -0.497 e. The summed E-state index contributed by atoms with van der Waals surface area (Å²) < 4.78 is 12.2. The fraction of sp³-hybridized carbons (Fsp3) is 0.300. The maximum Gasteiger partial charge on any atom is 0.323 e. The number of ether oxygens (including phenoxy) is 2. The highest BCUT2D eigenvalue weighted by molar-refractivity contribution is 7.22. The molecule has 3 aromatic rings. The van der Waals surface area contributed by atoms with Crippen LogP contribution in [0.5, 0.6) is 5.75 Å². The van der Waals surface area contributed by atoms with Gasteiger partial charge in [0.15, 0.2) is 5.13 Å². The summed E-state index contributed by atoms with van der Waals surface area (Å²) in [6, 6.07) is 15.5.